The van der Waals surface area contributed by atoms with Gasteiger partial charge in [0.1, 0.15) is 12.4 Å². The lowest BCUT2D eigenvalue weighted by Gasteiger charge is -2.30. The highest BCUT2D eigenvalue weighted by Crippen LogP contribution is 2.19. The summed E-state index contributed by atoms with van der Waals surface area (Å²) < 4.78 is 14.3. The van der Waals surface area contributed by atoms with E-state index < -0.39 is 11.7 Å². The molecular formula is C30H32FN3O2. The van der Waals surface area contributed by atoms with Gasteiger partial charge in [0.15, 0.2) is 0 Å². The number of rotatable bonds is 9. The number of hydrogen-bond acceptors (Lipinski definition) is 2. The van der Waals surface area contributed by atoms with Crippen molar-refractivity contribution in [3.63, 3.8) is 0 Å². The second-order valence-corrected chi connectivity index (χ2v) is 9.42. The van der Waals surface area contributed by atoms with E-state index in [-0.39, 0.29) is 24.1 Å². The fourth-order valence-corrected chi connectivity index (χ4v) is 4.32. The van der Waals surface area contributed by atoms with Gasteiger partial charge in [-0.3, -0.25) is 9.59 Å². The van der Waals surface area contributed by atoms with Crippen molar-refractivity contribution in [2.24, 2.45) is 0 Å². The number of fused-ring (bicyclic) bond motifs is 1. The summed E-state index contributed by atoms with van der Waals surface area (Å²) in [7, 11) is 0. The van der Waals surface area contributed by atoms with Gasteiger partial charge in [-0.2, -0.15) is 0 Å². The van der Waals surface area contributed by atoms with Gasteiger partial charge in [-0.25, -0.2) is 4.39 Å². The van der Waals surface area contributed by atoms with Crippen molar-refractivity contribution in [2.75, 3.05) is 13.1 Å². The van der Waals surface area contributed by atoms with Crippen LogP contribution < -0.4 is 0 Å². The molecule has 0 saturated carbocycles. The molecule has 0 atom stereocenters. The normalized spacial score (nSPS) is 11.1. The van der Waals surface area contributed by atoms with Gasteiger partial charge in [-0.05, 0) is 56.5 Å². The highest BCUT2D eigenvalue weighted by atomic mass is 19.1. The van der Waals surface area contributed by atoms with E-state index >= 15 is 0 Å². The molecule has 0 aliphatic rings. The minimum atomic E-state index is -0.587. The number of H-pyrrole nitrogens is 1. The number of aryl methyl sites for hydroxylation is 1. The predicted octanol–water partition coefficient (Wildman–Crippen LogP) is 5.74. The number of hydrogen-bond donors (Lipinski definition) is 1. The molecule has 4 rings (SSSR count). The average Bonchev–Trinajstić information content (AvgIpc) is 3.29. The van der Waals surface area contributed by atoms with Crippen molar-refractivity contribution in [1.29, 1.82) is 0 Å². The van der Waals surface area contributed by atoms with Crippen molar-refractivity contribution in [1.82, 2.24) is 14.8 Å². The number of amides is 2. The highest BCUT2D eigenvalue weighted by Gasteiger charge is 2.26. The molecule has 0 unspecified atom stereocenters. The van der Waals surface area contributed by atoms with Crippen LogP contribution in [0.15, 0.2) is 79.0 Å². The predicted molar refractivity (Wildman–Crippen MR) is 141 cm³/mol. The van der Waals surface area contributed by atoms with Crippen molar-refractivity contribution >= 4 is 22.7 Å². The molecule has 6 heteroatoms. The Balaban J connectivity index is 1.55. The van der Waals surface area contributed by atoms with Crippen LogP contribution in [-0.4, -0.2) is 45.7 Å². The lowest BCUT2D eigenvalue weighted by atomic mass is 10.1. The zero-order valence-electron chi connectivity index (χ0n) is 21.0. The fraction of sp³-hybridized carbons (Fsp3) is 0.267. The minimum absolute atomic E-state index is 0.0251. The first-order valence-electron chi connectivity index (χ1n) is 12.3. The second-order valence-electron chi connectivity index (χ2n) is 9.42. The van der Waals surface area contributed by atoms with E-state index in [0.29, 0.717) is 19.5 Å². The number of nitrogens with one attached hydrogen (secondary N) is 1. The van der Waals surface area contributed by atoms with E-state index in [1.165, 1.54) is 17.0 Å². The first-order chi connectivity index (χ1) is 17.3. The maximum Gasteiger partial charge on any atom is 0.257 e. The minimum Gasteiger partial charge on any atom is -0.361 e. The van der Waals surface area contributed by atoms with Crippen LogP contribution in [-0.2, 0) is 17.8 Å². The largest absolute Gasteiger partial charge is 0.361 e. The zero-order valence-corrected chi connectivity index (χ0v) is 21.0. The molecule has 36 heavy (non-hydrogen) atoms. The maximum absolute atomic E-state index is 14.3. The average molecular weight is 486 g/mol. The van der Waals surface area contributed by atoms with E-state index in [2.05, 4.69) is 11.1 Å². The molecule has 0 fully saturated rings. The first kappa shape index (κ1) is 25.2. The van der Waals surface area contributed by atoms with Gasteiger partial charge in [0.2, 0.25) is 5.91 Å². The molecule has 186 valence electrons. The number of carbonyl (C=O) groups excluding carboxylic acids is 2. The molecule has 1 N–H and O–H groups in total. The smallest absolute Gasteiger partial charge is 0.257 e. The molecule has 0 aliphatic carbocycles. The van der Waals surface area contributed by atoms with Crippen LogP contribution >= 0.6 is 0 Å². The van der Waals surface area contributed by atoms with E-state index in [4.69, 9.17) is 0 Å². The van der Waals surface area contributed by atoms with Crippen molar-refractivity contribution in [3.8, 4) is 0 Å². The van der Waals surface area contributed by atoms with E-state index in [1.54, 1.807) is 17.0 Å². The van der Waals surface area contributed by atoms with Crippen LogP contribution in [0.4, 0.5) is 4.39 Å². The van der Waals surface area contributed by atoms with Crippen LogP contribution in [0, 0.1) is 12.7 Å². The number of benzene rings is 3. The Morgan fingerprint density at radius 1 is 0.944 bits per heavy atom. The van der Waals surface area contributed by atoms with Crippen LogP contribution in [0.2, 0.25) is 0 Å². The van der Waals surface area contributed by atoms with Crippen molar-refractivity contribution in [2.45, 2.75) is 39.8 Å². The van der Waals surface area contributed by atoms with Crippen LogP contribution in [0.1, 0.15) is 40.9 Å². The van der Waals surface area contributed by atoms with Gasteiger partial charge in [-0.15, -0.1) is 0 Å². The third-order valence-electron chi connectivity index (χ3n) is 6.47. The van der Waals surface area contributed by atoms with Crippen LogP contribution in [0.3, 0.4) is 0 Å². The van der Waals surface area contributed by atoms with Gasteiger partial charge in [0, 0.05) is 36.2 Å². The Morgan fingerprint density at radius 2 is 1.64 bits per heavy atom. The van der Waals surface area contributed by atoms with Crippen molar-refractivity contribution in [3.05, 3.63) is 107 Å². The van der Waals surface area contributed by atoms with Gasteiger partial charge < -0.3 is 14.8 Å². The third-order valence-corrected chi connectivity index (χ3v) is 6.47. The van der Waals surface area contributed by atoms with Crippen molar-refractivity contribution < 1.29 is 14.0 Å². The molecule has 5 nitrogen and oxygen atoms in total. The molecule has 1 heterocycles. The Labute approximate surface area is 211 Å². The van der Waals surface area contributed by atoms with Gasteiger partial charge in [0.05, 0.1) is 5.56 Å². The number of nitrogens with zero attached hydrogens (tertiary/aromatic N) is 2. The lowest BCUT2D eigenvalue weighted by Crippen LogP contribution is -2.46. The van der Waals surface area contributed by atoms with Crippen LogP contribution in [0.5, 0.6) is 0 Å². The molecule has 2 amide bonds. The molecule has 4 aromatic rings. The molecule has 0 aliphatic heterocycles. The molecular weight excluding hydrogens is 453 g/mol. The van der Waals surface area contributed by atoms with E-state index in [1.807, 2.05) is 69.4 Å². The second kappa shape index (κ2) is 11.2. The molecule has 0 saturated heterocycles. The molecule has 1 aromatic heterocycles. The van der Waals surface area contributed by atoms with Gasteiger partial charge >= 0.3 is 0 Å². The number of halogens is 1. The lowest BCUT2D eigenvalue weighted by molar-refractivity contribution is -0.132. The highest BCUT2D eigenvalue weighted by molar-refractivity contribution is 5.97. The Bertz CT molecular complexity index is 1340. The van der Waals surface area contributed by atoms with Gasteiger partial charge in [-0.1, -0.05) is 60.2 Å². The Morgan fingerprint density at radius 3 is 2.36 bits per heavy atom. The molecule has 0 bridgehead atoms. The summed E-state index contributed by atoms with van der Waals surface area (Å²) >= 11 is 0. The summed E-state index contributed by atoms with van der Waals surface area (Å²) in [6.07, 6.45) is 2.66. The summed E-state index contributed by atoms with van der Waals surface area (Å²) in [6.45, 7) is 6.50. The maximum atomic E-state index is 14.3. The number of aromatic amines is 1. The monoisotopic (exact) mass is 485 g/mol. The SMILES string of the molecule is Cc1ccc(CN(CCc2c[nH]c3ccccc23)C(=O)CN(C(=O)c2ccccc2F)C(C)C)cc1. The molecule has 0 radical (unpaired) electrons. The van der Waals surface area contributed by atoms with Gasteiger partial charge in [0.25, 0.3) is 5.91 Å². The number of aromatic nitrogens is 1. The van der Waals surface area contributed by atoms with E-state index in [9.17, 15) is 14.0 Å². The van der Waals surface area contributed by atoms with Crippen LogP contribution in [0.25, 0.3) is 10.9 Å². The number of para-hydroxylation sites is 1. The summed E-state index contributed by atoms with van der Waals surface area (Å²) in [4.78, 5) is 33.3. The summed E-state index contributed by atoms with van der Waals surface area (Å²) in [5.74, 6) is -1.24. The molecule has 3 aromatic carbocycles. The summed E-state index contributed by atoms with van der Waals surface area (Å²) in [5.41, 5.74) is 4.34. The Hall–Kier alpha value is -3.93. The third kappa shape index (κ3) is 5.82. The number of carbonyl (C=O) groups is 2. The van der Waals surface area contributed by atoms with E-state index in [0.717, 1.165) is 27.6 Å². The Kier molecular flexibility index (Phi) is 7.84. The summed E-state index contributed by atoms with van der Waals surface area (Å²) in [5, 5.41) is 1.14. The topological polar surface area (TPSA) is 56.4 Å². The standard InChI is InChI=1S/C30H32FN3O2/c1-21(2)34(30(36)26-9-4-6-10-27(26)31)20-29(35)33(19-23-14-12-22(3)13-15-23)17-16-24-18-32-28-11-7-5-8-25(24)28/h4-15,18,21,32H,16-17,19-20H2,1-3H3. The molecule has 0 spiro atoms. The zero-order chi connectivity index (χ0) is 25.7. The fourth-order valence-electron chi connectivity index (χ4n) is 4.32. The quantitative estimate of drug-likeness (QED) is 0.329. The summed E-state index contributed by atoms with van der Waals surface area (Å²) in [6, 6.07) is 21.8. The first-order valence-corrected chi connectivity index (χ1v) is 12.3.